The molecular weight excluding hydrogens is 468 g/mol. The van der Waals surface area contributed by atoms with E-state index >= 15 is 0 Å². The van der Waals surface area contributed by atoms with Crippen molar-refractivity contribution < 1.29 is 4.79 Å². The molecule has 2 heterocycles. The Labute approximate surface area is 217 Å². The number of amides is 1. The Hall–Kier alpha value is -3.41. The molecule has 1 aliphatic heterocycles. The molecule has 0 unspecified atom stereocenters. The zero-order valence-corrected chi connectivity index (χ0v) is 22.0. The van der Waals surface area contributed by atoms with E-state index in [0.29, 0.717) is 12.3 Å². The van der Waals surface area contributed by atoms with E-state index in [2.05, 4.69) is 83.1 Å². The highest BCUT2D eigenvalue weighted by atomic mass is 32.1. The highest BCUT2D eigenvalue weighted by molar-refractivity contribution is 7.14. The van der Waals surface area contributed by atoms with E-state index in [1.54, 1.807) is 11.3 Å². The lowest BCUT2D eigenvalue weighted by molar-refractivity contribution is -0.121. The molecule has 1 fully saturated rings. The summed E-state index contributed by atoms with van der Waals surface area (Å²) in [5, 5.41) is 18.1. The molecule has 0 bridgehead atoms. The summed E-state index contributed by atoms with van der Waals surface area (Å²) < 4.78 is 0. The predicted octanol–water partition coefficient (Wildman–Crippen LogP) is 4.70. The van der Waals surface area contributed by atoms with E-state index < -0.39 is 6.04 Å². The van der Waals surface area contributed by atoms with Crippen LogP contribution in [0.5, 0.6) is 0 Å². The van der Waals surface area contributed by atoms with Gasteiger partial charge in [-0.3, -0.25) is 4.79 Å². The van der Waals surface area contributed by atoms with E-state index in [4.69, 9.17) is 10.2 Å². The van der Waals surface area contributed by atoms with Crippen LogP contribution in [0.2, 0.25) is 0 Å². The van der Waals surface area contributed by atoms with Gasteiger partial charge in [-0.15, -0.1) is 11.3 Å². The normalized spacial score (nSPS) is 14.9. The maximum Gasteiger partial charge on any atom is 0.243 e. The Bertz CT molecular complexity index is 1190. The fraction of sp³-hybridized carbons (Fsp3) is 0.393. The molecule has 1 amide bonds. The summed E-state index contributed by atoms with van der Waals surface area (Å²) in [7, 11) is 2.16. The minimum Gasteiger partial charge on any atom is -0.374 e. The van der Waals surface area contributed by atoms with Gasteiger partial charge in [0.2, 0.25) is 5.91 Å². The van der Waals surface area contributed by atoms with Crippen molar-refractivity contribution in [3.63, 3.8) is 0 Å². The SMILES string of the molecule is CC(C)C[C@H](Nc1cccc(-c2ccc(-c3csc(N4CCN(C)CC4)n3)cc2)c1)C(=O)NCC#N. The molecule has 8 heteroatoms. The number of aromatic nitrogens is 1. The van der Waals surface area contributed by atoms with Crippen molar-refractivity contribution in [1.82, 2.24) is 15.2 Å². The third-order valence-corrected chi connectivity index (χ3v) is 7.25. The number of rotatable bonds is 9. The van der Waals surface area contributed by atoms with Crippen LogP contribution in [0.4, 0.5) is 10.8 Å². The number of carbonyl (C=O) groups is 1. The molecule has 36 heavy (non-hydrogen) atoms. The van der Waals surface area contributed by atoms with Crippen molar-refractivity contribution in [2.24, 2.45) is 5.92 Å². The molecule has 188 valence electrons. The number of thiazole rings is 1. The monoisotopic (exact) mass is 502 g/mol. The Morgan fingerprint density at radius 2 is 1.81 bits per heavy atom. The molecular formula is C28H34N6OS. The number of carbonyl (C=O) groups excluding carboxylic acids is 1. The summed E-state index contributed by atoms with van der Waals surface area (Å²) in [5.41, 5.74) is 5.17. The van der Waals surface area contributed by atoms with Crippen molar-refractivity contribution in [2.75, 3.05) is 50.0 Å². The number of piperazine rings is 1. The highest BCUT2D eigenvalue weighted by Gasteiger charge is 2.20. The standard InChI is InChI=1S/C28H34N6OS/c1-20(2)17-25(27(35)30-12-11-29)31-24-6-4-5-23(18-24)21-7-9-22(10-8-21)26-19-36-28(32-26)34-15-13-33(3)14-16-34/h4-10,18-20,25,31H,12-17H2,1-3H3,(H,30,35)/t25-/m0/s1. The number of nitriles is 1. The summed E-state index contributed by atoms with van der Waals surface area (Å²) in [6.45, 7) is 8.36. The van der Waals surface area contributed by atoms with Crippen LogP contribution in [0, 0.1) is 17.2 Å². The van der Waals surface area contributed by atoms with Gasteiger partial charge in [0.15, 0.2) is 5.13 Å². The Kier molecular flexibility index (Phi) is 8.57. The van der Waals surface area contributed by atoms with Crippen molar-refractivity contribution in [1.29, 1.82) is 5.26 Å². The minimum absolute atomic E-state index is 0.0113. The average molecular weight is 503 g/mol. The average Bonchev–Trinajstić information content (AvgIpc) is 3.38. The largest absolute Gasteiger partial charge is 0.374 e. The third-order valence-electron chi connectivity index (χ3n) is 6.35. The predicted molar refractivity (Wildman–Crippen MR) is 148 cm³/mol. The van der Waals surface area contributed by atoms with Gasteiger partial charge >= 0.3 is 0 Å². The lowest BCUT2D eigenvalue weighted by atomic mass is 10.0. The molecule has 3 aromatic rings. The molecule has 0 aliphatic carbocycles. The fourth-order valence-electron chi connectivity index (χ4n) is 4.32. The van der Waals surface area contributed by atoms with Crippen LogP contribution in [0.3, 0.4) is 0 Å². The number of nitrogens with zero attached hydrogens (tertiary/aromatic N) is 4. The summed E-state index contributed by atoms with van der Waals surface area (Å²) in [4.78, 5) is 22.2. The zero-order valence-electron chi connectivity index (χ0n) is 21.2. The summed E-state index contributed by atoms with van der Waals surface area (Å²) in [6, 6.07) is 18.2. The van der Waals surface area contributed by atoms with Gasteiger partial charge in [-0.2, -0.15) is 5.26 Å². The molecule has 1 aromatic heterocycles. The van der Waals surface area contributed by atoms with Gasteiger partial charge in [0.1, 0.15) is 12.6 Å². The number of hydrogen-bond donors (Lipinski definition) is 2. The van der Waals surface area contributed by atoms with Crippen LogP contribution in [0.25, 0.3) is 22.4 Å². The first-order chi connectivity index (χ1) is 17.4. The zero-order chi connectivity index (χ0) is 25.5. The van der Waals surface area contributed by atoms with Crippen molar-refractivity contribution >= 4 is 28.1 Å². The van der Waals surface area contributed by atoms with Crippen LogP contribution in [0.1, 0.15) is 20.3 Å². The maximum atomic E-state index is 12.6. The lowest BCUT2D eigenvalue weighted by Crippen LogP contribution is -2.44. The van der Waals surface area contributed by atoms with E-state index in [0.717, 1.165) is 59.4 Å². The smallest absolute Gasteiger partial charge is 0.243 e. The van der Waals surface area contributed by atoms with Crippen LogP contribution >= 0.6 is 11.3 Å². The van der Waals surface area contributed by atoms with Gasteiger partial charge in [-0.25, -0.2) is 4.98 Å². The van der Waals surface area contributed by atoms with Gasteiger partial charge in [0, 0.05) is 42.8 Å². The molecule has 1 aliphatic rings. The van der Waals surface area contributed by atoms with E-state index in [-0.39, 0.29) is 12.5 Å². The van der Waals surface area contributed by atoms with Crippen molar-refractivity contribution in [2.45, 2.75) is 26.3 Å². The van der Waals surface area contributed by atoms with Crippen molar-refractivity contribution in [3.05, 3.63) is 53.9 Å². The first-order valence-corrected chi connectivity index (χ1v) is 13.3. The summed E-state index contributed by atoms with van der Waals surface area (Å²) in [5.74, 6) is 0.188. The Balaban J connectivity index is 1.45. The molecule has 4 rings (SSSR count). The summed E-state index contributed by atoms with van der Waals surface area (Å²) >= 11 is 1.71. The Morgan fingerprint density at radius 3 is 2.50 bits per heavy atom. The number of nitrogens with one attached hydrogen (secondary N) is 2. The molecule has 1 atom stereocenters. The molecule has 1 saturated heterocycles. The Morgan fingerprint density at radius 1 is 1.08 bits per heavy atom. The lowest BCUT2D eigenvalue weighted by Gasteiger charge is -2.32. The van der Waals surface area contributed by atoms with E-state index in [1.807, 2.05) is 18.2 Å². The minimum atomic E-state index is -0.393. The molecule has 0 saturated carbocycles. The number of likely N-dealkylation sites (N-methyl/N-ethyl adjacent to an activating group) is 1. The van der Waals surface area contributed by atoms with Crippen LogP contribution < -0.4 is 15.5 Å². The molecule has 2 N–H and O–H groups in total. The third kappa shape index (κ3) is 6.62. The van der Waals surface area contributed by atoms with Crippen LogP contribution in [-0.4, -0.2) is 61.6 Å². The number of benzene rings is 2. The van der Waals surface area contributed by atoms with Gasteiger partial charge in [-0.05, 0) is 42.6 Å². The highest BCUT2D eigenvalue weighted by Crippen LogP contribution is 2.30. The van der Waals surface area contributed by atoms with Gasteiger partial charge in [0.05, 0.1) is 11.8 Å². The number of hydrogen-bond acceptors (Lipinski definition) is 7. The summed E-state index contributed by atoms with van der Waals surface area (Å²) in [6.07, 6.45) is 0.681. The molecule has 2 aromatic carbocycles. The maximum absolute atomic E-state index is 12.6. The van der Waals surface area contributed by atoms with Gasteiger partial charge in [0.25, 0.3) is 0 Å². The molecule has 0 radical (unpaired) electrons. The number of anilines is 2. The first-order valence-electron chi connectivity index (χ1n) is 12.4. The fourth-order valence-corrected chi connectivity index (χ4v) is 5.20. The first kappa shape index (κ1) is 25.7. The van der Waals surface area contributed by atoms with E-state index in [1.165, 1.54) is 0 Å². The topological polar surface area (TPSA) is 84.3 Å². The van der Waals surface area contributed by atoms with Crippen LogP contribution in [0.15, 0.2) is 53.9 Å². The quantitative estimate of drug-likeness (QED) is 0.413. The van der Waals surface area contributed by atoms with Crippen LogP contribution in [-0.2, 0) is 4.79 Å². The van der Waals surface area contributed by atoms with Gasteiger partial charge < -0.3 is 20.4 Å². The van der Waals surface area contributed by atoms with Gasteiger partial charge in [-0.1, -0.05) is 50.2 Å². The second-order valence-electron chi connectivity index (χ2n) is 9.67. The van der Waals surface area contributed by atoms with E-state index in [9.17, 15) is 4.79 Å². The van der Waals surface area contributed by atoms with Crippen molar-refractivity contribution in [3.8, 4) is 28.5 Å². The second-order valence-corrected chi connectivity index (χ2v) is 10.5. The second kappa shape index (κ2) is 12.0. The molecule has 0 spiro atoms. The molecule has 7 nitrogen and oxygen atoms in total.